The number of nitrogens with zero attached hydrogens (tertiary/aromatic N) is 1. The Morgan fingerprint density at radius 1 is 1.38 bits per heavy atom. The van der Waals surface area contributed by atoms with Crippen LogP contribution in [0.1, 0.15) is 26.2 Å². The molecule has 0 amide bonds. The second kappa shape index (κ2) is 5.96. The Morgan fingerprint density at radius 3 is 3.00 bits per heavy atom. The van der Waals surface area contributed by atoms with Crippen LogP contribution in [0.2, 0.25) is 0 Å². The molecule has 0 aromatic heterocycles. The Hall–Kier alpha value is -0.160. The van der Waals surface area contributed by atoms with E-state index in [-0.39, 0.29) is 6.10 Å². The molecule has 16 heavy (non-hydrogen) atoms. The average molecular weight is 228 g/mol. The predicted octanol–water partition coefficient (Wildman–Crippen LogP) is 0.210. The molecule has 2 heterocycles. The van der Waals surface area contributed by atoms with Gasteiger partial charge in [-0.2, -0.15) is 0 Å². The van der Waals surface area contributed by atoms with Crippen LogP contribution >= 0.6 is 0 Å². The number of aliphatic hydroxyl groups excluding tert-OH is 1. The average Bonchev–Trinajstić information content (AvgIpc) is 2.60. The number of β-amino-alcohol motifs (C(OH)–C–C–N with tert-alkyl or cyclic N) is 1. The lowest BCUT2D eigenvalue weighted by Crippen LogP contribution is -2.40. The Bertz CT molecular complexity index is 213. The molecule has 2 aliphatic heterocycles. The summed E-state index contributed by atoms with van der Waals surface area (Å²) in [5, 5.41) is 13.5. The number of likely N-dealkylation sites (tertiary alicyclic amines) is 1. The van der Waals surface area contributed by atoms with Gasteiger partial charge in [-0.15, -0.1) is 0 Å². The van der Waals surface area contributed by atoms with Crippen LogP contribution in [0.4, 0.5) is 0 Å². The molecular formula is C12H24N2O2. The van der Waals surface area contributed by atoms with E-state index in [0.29, 0.717) is 19.3 Å². The van der Waals surface area contributed by atoms with Gasteiger partial charge in [0.2, 0.25) is 0 Å². The fourth-order valence-electron chi connectivity index (χ4n) is 2.79. The highest BCUT2D eigenvalue weighted by Crippen LogP contribution is 2.20. The van der Waals surface area contributed by atoms with Crippen LogP contribution < -0.4 is 5.32 Å². The van der Waals surface area contributed by atoms with E-state index in [2.05, 4.69) is 10.2 Å². The van der Waals surface area contributed by atoms with Gasteiger partial charge >= 0.3 is 0 Å². The summed E-state index contributed by atoms with van der Waals surface area (Å²) in [4.78, 5) is 2.38. The van der Waals surface area contributed by atoms with E-state index < -0.39 is 0 Å². The Kier molecular flexibility index (Phi) is 4.58. The molecule has 2 aliphatic rings. The molecule has 0 spiro atoms. The number of fused-ring (bicyclic) bond motifs is 2. The van der Waals surface area contributed by atoms with Crippen LogP contribution in [0.15, 0.2) is 0 Å². The maximum atomic E-state index is 9.81. The van der Waals surface area contributed by atoms with Crippen molar-refractivity contribution in [3.8, 4) is 0 Å². The van der Waals surface area contributed by atoms with E-state index in [1.54, 1.807) is 0 Å². The summed E-state index contributed by atoms with van der Waals surface area (Å²) in [6, 6.07) is 1.37. The van der Waals surface area contributed by atoms with E-state index in [4.69, 9.17) is 4.74 Å². The number of rotatable bonds is 5. The maximum absolute atomic E-state index is 9.81. The number of aliphatic hydroxyl groups is 1. The van der Waals surface area contributed by atoms with Crippen molar-refractivity contribution in [1.29, 1.82) is 0 Å². The van der Waals surface area contributed by atoms with E-state index in [9.17, 15) is 5.11 Å². The van der Waals surface area contributed by atoms with Crippen LogP contribution in [-0.2, 0) is 4.74 Å². The summed E-state index contributed by atoms with van der Waals surface area (Å²) in [5.41, 5.74) is 0. The highest BCUT2D eigenvalue weighted by atomic mass is 16.5. The standard InChI is InChI=1S/C12H24N2O2/c1-2-16-9-12(15)8-14-6-5-10-3-4-11(7-14)13-10/h10-13,15H,2-9H2,1H3. The minimum Gasteiger partial charge on any atom is -0.389 e. The fourth-order valence-corrected chi connectivity index (χ4v) is 2.79. The Balaban J connectivity index is 1.72. The number of hydrogen-bond donors (Lipinski definition) is 2. The van der Waals surface area contributed by atoms with E-state index in [0.717, 1.165) is 25.7 Å². The van der Waals surface area contributed by atoms with Crippen molar-refractivity contribution in [1.82, 2.24) is 10.2 Å². The molecule has 2 N–H and O–H groups in total. The summed E-state index contributed by atoms with van der Waals surface area (Å²) in [6.45, 7) is 6.06. The monoisotopic (exact) mass is 228 g/mol. The molecule has 94 valence electrons. The Morgan fingerprint density at radius 2 is 2.19 bits per heavy atom. The van der Waals surface area contributed by atoms with Crippen molar-refractivity contribution in [2.45, 2.75) is 44.4 Å². The van der Waals surface area contributed by atoms with Crippen molar-refractivity contribution in [3.05, 3.63) is 0 Å². The highest BCUT2D eigenvalue weighted by Gasteiger charge is 2.29. The van der Waals surface area contributed by atoms with Gasteiger partial charge in [-0.05, 0) is 32.7 Å². The van der Waals surface area contributed by atoms with Crippen molar-refractivity contribution < 1.29 is 9.84 Å². The first-order valence-corrected chi connectivity index (χ1v) is 6.52. The van der Waals surface area contributed by atoms with Gasteiger partial charge in [0, 0.05) is 31.8 Å². The van der Waals surface area contributed by atoms with Gasteiger partial charge in [0.25, 0.3) is 0 Å². The Labute approximate surface area is 98.0 Å². The van der Waals surface area contributed by atoms with Crippen molar-refractivity contribution in [3.63, 3.8) is 0 Å². The smallest absolute Gasteiger partial charge is 0.0900 e. The predicted molar refractivity (Wildman–Crippen MR) is 63.5 cm³/mol. The summed E-state index contributed by atoms with van der Waals surface area (Å²) in [7, 11) is 0. The first-order valence-electron chi connectivity index (χ1n) is 6.52. The quantitative estimate of drug-likeness (QED) is 0.706. The van der Waals surface area contributed by atoms with Gasteiger partial charge in [0.05, 0.1) is 12.7 Å². The molecular weight excluding hydrogens is 204 g/mol. The van der Waals surface area contributed by atoms with Gasteiger partial charge in [-0.3, -0.25) is 4.90 Å². The molecule has 0 aliphatic carbocycles. The number of hydrogen-bond acceptors (Lipinski definition) is 4. The first-order chi connectivity index (χ1) is 7.78. The largest absolute Gasteiger partial charge is 0.389 e. The molecule has 4 heteroatoms. The van der Waals surface area contributed by atoms with E-state index in [1.165, 1.54) is 19.3 Å². The topological polar surface area (TPSA) is 44.7 Å². The van der Waals surface area contributed by atoms with Crippen LogP contribution in [0, 0.1) is 0 Å². The molecule has 3 unspecified atom stereocenters. The van der Waals surface area contributed by atoms with Crippen LogP contribution in [0.3, 0.4) is 0 Å². The van der Waals surface area contributed by atoms with Gasteiger partial charge in [-0.1, -0.05) is 0 Å². The summed E-state index contributed by atoms with van der Waals surface area (Å²) >= 11 is 0. The van der Waals surface area contributed by atoms with Gasteiger partial charge in [0.1, 0.15) is 0 Å². The molecule has 3 atom stereocenters. The lowest BCUT2D eigenvalue weighted by Gasteiger charge is -2.26. The van der Waals surface area contributed by atoms with Gasteiger partial charge in [0.15, 0.2) is 0 Å². The minimum absolute atomic E-state index is 0.337. The molecule has 4 nitrogen and oxygen atoms in total. The normalized spacial score (nSPS) is 32.6. The molecule has 2 bridgehead atoms. The fraction of sp³-hybridized carbons (Fsp3) is 1.00. The van der Waals surface area contributed by atoms with E-state index in [1.807, 2.05) is 6.92 Å². The molecule has 0 aromatic rings. The second-order valence-electron chi connectivity index (χ2n) is 5.00. The van der Waals surface area contributed by atoms with Crippen LogP contribution in [-0.4, -0.2) is 61.0 Å². The van der Waals surface area contributed by atoms with Gasteiger partial charge in [-0.25, -0.2) is 0 Å². The third-order valence-corrected chi connectivity index (χ3v) is 3.59. The zero-order chi connectivity index (χ0) is 11.4. The van der Waals surface area contributed by atoms with Crippen molar-refractivity contribution in [2.75, 3.05) is 32.8 Å². The molecule has 2 saturated heterocycles. The third-order valence-electron chi connectivity index (χ3n) is 3.59. The zero-order valence-corrected chi connectivity index (χ0v) is 10.2. The summed E-state index contributed by atoms with van der Waals surface area (Å²) in [5.74, 6) is 0. The van der Waals surface area contributed by atoms with Crippen LogP contribution in [0.5, 0.6) is 0 Å². The molecule has 0 radical (unpaired) electrons. The number of ether oxygens (including phenoxy) is 1. The van der Waals surface area contributed by atoms with Crippen LogP contribution in [0.25, 0.3) is 0 Å². The minimum atomic E-state index is -0.337. The van der Waals surface area contributed by atoms with Gasteiger partial charge < -0.3 is 15.2 Å². The molecule has 0 saturated carbocycles. The summed E-state index contributed by atoms with van der Waals surface area (Å²) in [6.07, 6.45) is 3.51. The zero-order valence-electron chi connectivity index (χ0n) is 10.2. The van der Waals surface area contributed by atoms with Crippen molar-refractivity contribution in [2.24, 2.45) is 0 Å². The first kappa shape index (κ1) is 12.3. The maximum Gasteiger partial charge on any atom is 0.0900 e. The molecule has 2 rings (SSSR count). The van der Waals surface area contributed by atoms with Crippen molar-refractivity contribution >= 4 is 0 Å². The highest BCUT2D eigenvalue weighted by molar-refractivity contribution is 4.89. The lowest BCUT2D eigenvalue weighted by molar-refractivity contribution is 0.0204. The molecule has 0 aromatic carbocycles. The van der Waals surface area contributed by atoms with E-state index >= 15 is 0 Å². The summed E-state index contributed by atoms with van der Waals surface area (Å²) < 4.78 is 5.24. The third kappa shape index (κ3) is 3.42. The SMILES string of the molecule is CCOCC(O)CN1CCC2CCC(C1)N2. The lowest BCUT2D eigenvalue weighted by atomic mass is 10.1. The molecule has 2 fully saturated rings. The number of nitrogens with one attached hydrogen (secondary N) is 1. The second-order valence-corrected chi connectivity index (χ2v) is 5.00.